The quantitative estimate of drug-likeness (QED) is 0.0402. The van der Waals surface area contributed by atoms with Gasteiger partial charge in [-0.15, -0.1) is 13.2 Å². The Bertz CT molecular complexity index is 2060. The number of aliphatic hydroxyl groups excluding tert-OH is 1. The van der Waals surface area contributed by atoms with Gasteiger partial charge in [0.05, 0.1) is 30.5 Å². The molecule has 0 aliphatic carbocycles. The topological polar surface area (TPSA) is 123 Å². The molecule has 0 bridgehead atoms. The second-order valence-electron chi connectivity index (χ2n) is 14.9. The molecule has 0 aromatic heterocycles. The van der Waals surface area contributed by atoms with E-state index in [-0.39, 0.29) is 43.8 Å². The van der Waals surface area contributed by atoms with Gasteiger partial charge in [-0.2, -0.15) is 0 Å². The second-order valence-corrected chi connectivity index (χ2v) is 14.9. The zero-order chi connectivity index (χ0) is 42.4. The lowest BCUT2D eigenvalue weighted by atomic mass is 9.96. The van der Waals surface area contributed by atoms with E-state index in [0.717, 1.165) is 27.8 Å². The van der Waals surface area contributed by atoms with E-state index in [1.54, 1.807) is 12.2 Å². The van der Waals surface area contributed by atoms with E-state index in [9.17, 15) is 19.5 Å². The van der Waals surface area contributed by atoms with Crippen molar-refractivity contribution in [1.29, 1.82) is 0 Å². The van der Waals surface area contributed by atoms with E-state index in [4.69, 9.17) is 14.2 Å². The van der Waals surface area contributed by atoms with Gasteiger partial charge >= 0.3 is 5.97 Å². The van der Waals surface area contributed by atoms with Crippen LogP contribution >= 0.6 is 0 Å². The highest BCUT2D eigenvalue weighted by Crippen LogP contribution is 2.20. The van der Waals surface area contributed by atoms with Crippen molar-refractivity contribution in [2.45, 2.75) is 63.8 Å². The molecule has 5 rings (SSSR count). The Morgan fingerprint density at radius 3 is 1.48 bits per heavy atom. The molecule has 0 fully saturated rings. The molecule has 0 unspecified atom stereocenters. The molecule has 312 valence electrons. The van der Waals surface area contributed by atoms with Crippen molar-refractivity contribution < 1.29 is 33.7 Å². The zero-order valence-electron chi connectivity index (χ0n) is 34.1. The predicted molar refractivity (Wildman–Crippen MR) is 235 cm³/mol. The number of nitrogens with one attached hydrogen (secondary N) is 2. The van der Waals surface area contributed by atoms with Crippen molar-refractivity contribution >= 4 is 17.8 Å². The third-order valence-electron chi connectivity index (χ3n) is 10.0. The molecule has 0 saturated carbocycles. The van der Waals surface area contributed by atoms with Crippen LogP contribution in [0, 0.1) is 11.8 Å². The monoisotopic (exact) mass is 808 g/mol. The molecule has 0 heterocycles. The summed E-state index contributed by atoms with van der Waals surface area (Å²) < 4.78 is 17.8. The summed E-state index contributed by atoms with van der Waals surface area (Å²) in [7, 11) is 0. The fraction of sp³-hybridized carbons (Fsp3) is 0.275. The highest BCUT2D eigenvalue weighted by molar-refractivity contribution is 5.86. The minimum absolute atomic E-state index is 0.0745. The van der Waals surface area contributed by atoms with Crippen molar-refractivity contribution in [3.63, 3.8) is 0 Å². The third-order valence-corrected chi connectivity index (χ3v) is 10.0. The van der Waals surface area contributed by atoms with E-state index in [1.165, 1.54) is 0 Å². The van der Waals surface area contributed by atoms with Gasteiger partial charge in [-0.05, 0) is 84.2 Å². The van der Waals surface area contributed by atoms with Gasteiger partial charge in [-0.25, -0.2) is 0 Å². The van der Waals surface area contributed by atoms with Crippen LogP contribution in [0.15, 0.2) is 165 Å². The summed E-state index contributed by atoms with van der Waals surface area (Å²) in [4.78, 5) is 40.8. The van der Waals surface area contributed by atoms with Crippen LogP contribution < -0.4 is 20.1 Å². The van der Waals surface area contributed by atoms with Crippen LogP contribution in [0.2, 0.25) is 0 Å². The van der Waals surface area contributed by atoms with Gasteiger partial charge in [0, 0.05) is 6.42 Å². The fourth-order valence-electron chi connectivity index (χ4n) is 6.78. The number of rotatable bonds is 25. The zero-order valence-corrected chi connectivity index (χ0v) is 34.1. The molecular formula is C51H56N2O7. The largest absolute Gasteiger partial charge is 0.489 e. The maximum Gasteiger partial charge on any atom is 0.309 e. The summed E-state index contributed by atoms with van der Waals surface area (Å²) in [6.45, 7) is 8.19. The van der Waals surface area contributed by atoms with Crippen molar-refractivity contribution in [2.75, 3.05) is 13.2 Å². The molecule has 0 spiro atoms. The molecule has 0 aliphatic rings. The number of ether oxygens (including phenoxy) is 3. The first-order valence-corrected chi connectivity index (χ1v) is 20.5. The highest BCUT2D eigenvalue weighted by Gasteiger charge is 2.27. The van der Waals surface area contributed by atoms with Crippen LogP contribution in [0.5, 0.6) is 11.5 Å². The number of hydrogen-bond donors (Lipinski definition) is 3. The summed E-state index contributed by atoms with van der Waals surface area (Å²) in [5.41, 5.74) is 4.94. The Kier molecular flexibility index (Phi) is 18.2. The lowest BCUT2D eigenvalue weighted by Gasteiger charge is -2.24. The summed E-state index contributed by atoms with van der Waals surface area (Å²) in [5.74, 6) is -0.896. The van der Waals surface area contributed by atoms with E-state index < -0.39 is 23.9 Å². The molecular weight excluding hydrogens is 753 g/mol. The lowest BCUT2D eigenvalue weighted by Crippen LogP contribution is -2.45. The minimum atomic E-state index is -0.749. The molecule has 2 amide bonds. The molecule has 3 N–H and O–H groups in total. The Balaban J connectivity index is 1.20. The van der Waals surface area contributed by atoms with Crippen molar-refractivity contribution in [3.05, 3.63) is 193 Å². The standard InChI is InChI=1S/C51H56N2O7/c1-3-14-43(33-49(55)52-45(34-54)31-39-22-26-47(27-23-39)58-35-41-18-10-6-11-19-41)50(56)53-46(37-60-51(57)44(15-4-2)30-38-16-8-5-9-17-38)32-40-24-28-48(29-25-40)59-36-42-20-12-7-13-21-42/h3-13,16-29,43-46,54H,1-2,14-15,30-37H2,(H,52,55)(H,53,56)/t43-,44+,45+,46+/m1/s1. The average molecular weight is 809 g/mol. The molecule has 0 radical (unpaired) electrons. The van der Waals surface area contributed by atoms with E-state index in [1.807, 2.05) is 140 Å². The van der Waals surface area contributed by atoms with Gasteiger partial charge < -0.3 is 30.0 Å². The first-order chi connectivity index (χ1) is 29.3. The molecule has 9 nitrogen and oxygen atoms in total. The Hall–Kier alpha value is -6.45. The van der Waals surface area contributed by atoms with E-state index in [0.29, 0.717) is 50.4 Å². The highest BCUT2D eigenvalue weighted by atomic mass is 16.5. The lowest BCUT2D eigenvalue weighted by molar-refractivity contribution is -0.149. The van der Waals surface area contributed by atoms with Crippen LogP contribution in [-0.4, -0.2) is 48.2 Å². The number of allylic oxidation sites excluding steroid dienone is 2. The van der Waals surface area contributed by atoms with Crippen LogP contribution in [0.4, 0.5) is 0 Å². The summed E-state index contributed by atoms with van der Waals surface area (Å²) in [5, 5.41) is 16.1. The normalized spacial score (nSPS) is 12.8. The van der Waals surface area contributed by atoms with Gasteiger partial charge in [-0.3, -0.25) is 14.4 Å². The van der Waals surface area contributed by atoms with Gasteiger partial charge in [0.25, 0.3) is 0 Å². The first kappa shape index (κ1) is 44.6. The summed E-state index contributed by atoms with van der Waals surface area (Å²) in [6, 6.07) is 43.5. The minimum Gasteiger partial charge on any atom is -0.489 e. The van der Waals surface area contributed by atoms with Gasteiger partial charge in [-0.1, -0.05) is 127 Å². The van der Waals surface area contributed by atoms with E-state index >= 15 is 0 Å². The third kappa shape index (κ3) is 15.4. The molecule has 5 aromatic rings. The Morgan fingerprint density at radius 2 is 1.00 bits per heavy atom. The van der Waals surface area contributed by atoms with Gasteiger partial charge in [0.1, 0.15) is 31.3 Å². The van der Waals surface area contributed by atoms with E-state index in [2.05, 4.69) is 23.8 Å². The van der Waals surface area contributed by atoms with Crippen molar-refractivity contribution in [3.8, 4) is 11.5 Å². The smallest absolute Gasteiger partial charge is 0.309 e. The second kappa shape index (κ2) is 24.5. The molecule has 5 aromatic carbocycles. The number of benzene rings is 5. The number of carbonyl (C=O) groups excluding carboxylic acids is 3. The number of amides is 2. The van der Waals surface area contributed by atoms with Crippen LogP contribution in [0.1, 0.15) is 47.1 Å². The maximum atomic E-state index is 13.9. The number of esters is 1. The molecule has 0 aliphatic heterocycles. The average Bonchev–Trinajstić information content (AvgIpc) is 3.28. The Morgan fingerprint density at radius 1 is 0.550 bits per heavy atom. The molecule has 60 heavy (non-hydrogen) atoms. The number of hydrogen-bond acceptors (Lipinski definition) is 7. The number of carbonyl (C=O) groups is 3. The van der Waals surface area contributed by atoms with Gasteiger partial charge in [0.15, 0.2) is 0 Å². The first-order valence-electron chi connectivity index (χ1n) is 20.5. The molecule has 4 atom stereocenters. The van der Waals surface area contributed by atoms with Crippen LogP contribution in [0.3, 0.4) is 0 Å². The Labute approximate surface area is 354 Å². The number of aliphatic hydroxyl groups is 1. The SMILES string of the molecule is C=CC[C@H](CC(=O)N[C@H](CO)Cc1ccc(OCc2ccccc2)cc1)C(=O)N[C@H](COC(=O)[C@@H](CC=C)Cc1ccccc1)Cc1ccc(OCc2ccccc2)cc1. The summed E-state index contributed by atoms with van der Waals surface area (Å²) >= 11 is 0. The molecule has 9 heteroatoms. The summed E-state index contributed by atoms with van der Waals surface area (Å²) in [6.07, 6.45) is 5.11. The van der Waals surface area contributed by atoms with Crippen molar-refractivity contribution in [1.82, 2.24) is 10.6 Å². The maximum absolute atomic E-state index is 13.9. The predicted octanol–water partition coefficient (Wildman–Crippen LogP) is 8.15. The van der Waals surface area contributed by atoms with Crippen LogP contribution in [-0.2, 0) is 51.6 Å². The fourth-order valence-corrected chi connectivity index (χ4v) is 6.78. The molecule has 0 saturated heterocycles. The van der Waals surface area contributed by atoms with Crippen LogP contribution in [0.25, 0.3) is 0 Å². The van der Waals surface area contributed by atoms with Crippen molar-refractivity contribution in [2.24, 2.45) is 11.8 Å². The van der Waals surface area contributed by atoms with Gasteiger partial charge in [0.2, 0.25) is 11.8 Å².